The highest BCUT2D eigenvalue weighted by Gasteiger charge is 2.32. The molecule has 4 rings (SSSR count). The van der Waals surface area contributed by atoms with Gasteiger partial charge < -0.3 is 15.0 Å². The highest BCUT2D eigenvalue weighted by atomic mass is 35.5. The third-order valence-corrected chi connectivity index (χ3v) is 8.28. The number of rotatable bonds is 10. The standard InChI is InChI=1S/C33H38Cl2N2O3/c1-22-16-23(2)24(3)31(17-22)40-21-32(38)37(20-26-14-15-27(34)19-29(26)35)30(18-25-10-6-4-7-11-25)33(39)36-28-12-8-5-9-13-28/h4,6-7,10-11,14-17,19,28,30H,5,8-9,12-13,18,20-21H2,1-3H3,(H,36,39)/t30-/m1/s1. The quantitative estimate of drug-likeness (QED) is 0.272. The lowest BCUT2D eigenvalue weighted by molar-refractivity contribution is -0.143. The molecule has 7 heteroatoms. The van der Waals surface area contributed by atoms with Crippen molar-refractivity contribution in [2.45, 2.75) is 77.9 Å². The fraction of sp³-hybridized carbons (Fsp3) is 0.394. The van der Waals surface area contributed by atoms with Crippen molar-refractivity contribution < 1.29 is 14.3 Å². The first-order valence-corrected chi connectivity index (χ1v) is 14.7. The monoisotopic (exact) mass is 580 g/mol. The van der Waals surface area contributed by atoms with E-state index in [9.17, 15) is 9.59 Å². The lowest BCUT2D eigenvalue weighted by Gasteiger charge is -2.33. The predicted molar refractivity (Wildman–Crippen MR) is 162 cm³/mol. The summed E-state index contributed by atoms with van der Waals surface area (Å²) in [6.07, 6.45) is 5.67. The maximum absolute atomic E-state index is 14.0. The van der Waals surface area contributed by atoms with Gasteiger partial charge in [0.15, 0.2) is 6.61 Å². The molecule has 1 aliphatic carbocycles. The van der Waals surface area contributed by atoms with Gasteiger partial charge in [-0.25, -0.2) is 0 Å². The lowest BCUT2D eigenvalue weighted by atomic mass is 9.94. The van der Waals surface area contributed by atoms with Gasteiger partial charge >= 0.3 is 0 Å². The second-order valence-electron chi connectivity index (χ2n) is 10.8. The van der Waals surface area contributed by atoms with Gasteiger partial charge in [0.05, 0.1) is 0 Å². The molecule has 1 aliphatic rings. The first kappa shape index (κ1) is 30.0. The Labute approximate surface area is 247 Å². The van der Waals surface area contributed by atoms with E-state index in [1.165, 1.54) is 6.42 Å². The molecule has 1 saturated carbocycles. The van der Waals surface area contributed by atoms with Crippen LogP contribution >= 0.6 is 23.2 Å². The van der Waals surface area contributed by atoms with Crippen LogP contribution in [0.2, 0.25) is 10.0 Å². The summed E-state index contributed by atoms with van der Waals surface area (Å²) < 4.78 is 6.08. The third-order valence-electron chi connectivity index (χ3n) is 7.69. The van der Waals surface area contributed by atoms with E-state index in [0.717, 1.165) is 47.9 Å². The van der Waals surface area contributed by atoms with Gasteiger partial charge in [-0.2, -0.15) is 0 Å². The van der Waals surface area contributed by atoms with Crippen molar-refractivity contribution in [1.29, 1.82) is 0 Å². The second-order valence-corrected chi connectivity index (χ2v) is 11.6. The first-order valence-electron chi connectivity index (χ1n) is 14.0. The maximum atomic E-state index is 14.0. The van der Waals surface area contributed by atoms with Crippen molar-refractivity contribution in [1.82, 2.24) is 10.2 Å². The molecule has 1 fully saturated rings. The zero-order valence-electron chi connectivity index (χ0n) is 23.5. The molecule has 2 amide bonds. The summed E-state index contributed by atoms with van der Waals surface area (Å²) >= 11 is 12.7. The summed E-state index contributed by atoms with van der Waals surface area (Å²) in [6.45, 7) is 5.96. The maximum Gasteiger partial charge on any atom is 0.261 e. The van der Waals surface area contributed by atoms with E-state index in [0.29, 0.717) is 27.8 Å². The Morgan fingerprint density at radius 3 is 2.40 bits per heavy atom. The number of nitrogens with one attached hydrogen (secondary N) is 1. The summed E-state index contributed by atoms with van der Waals surface area (Å²) in [7, 11) is 0. The van der Waals surface area contributed by atoms with Crippen LogP contribution in [-0.2, 0) is 22.6 Å². The highest BCUT2D eigenvalue weighted by molar-refractivity contribution is 6.35. The molecule has 3 aromatic carbocycles. The van der Waals surface area contributed by atoms with Crippen LogP contribution in [0.5, 0.6) is 5.75 Å². The molecule has 0 heterocycles. The third kappa shape index (κ3) is 8.02. The van der Waals surface area contributed by atoms with E-state index in [4.69, 9.17) is 27.9 Å². The average Bonchev–Trinajstić information content (AvgIpc) is 2.93. The Hall–Kier alpha value is -3.02. The number of carbonyl (C=O) groups excluding carboxylic acids is 2. The van der Waals surface area contributed by atoms with Gasteiger partial charge in [-0.15, -0.1) is 0 Å². The number of hydrogen-bond donors (Lipinski definition) is 1. The topological polar surface area (TPSA) is 58.6 Å². The van der Waals surface area contributed by atoms with Crippen LogP contribution in [0.4, 0.5) is 0 Å². The minimum Gasteiger partial charge on any atom is -0.483 e. The number of benzene rings is 3. The van der Waals surface area contributed by atoms with Crippen molar-refractivity contribution in [3.05, 3.63) is 98.5 Å². The highest BCUT2D eigenvalue weighted by Crippen LogP contribution is 2.26. The molecular weight excluding hydrogens is 543 g/mol. The molecule has 40 heavy (non-hydrogen) atoms. The molecule has 0 spiro atoms. The smallest absolute Gasteiger partial charge is 0.261 e. The zero-order chi connectivity index (χ0) is 28.6. The Bertz CT molecular complexity index is 1320. The molecular formula is C33H38Cl2N2O3. The van der Waals surface area contributed by atoms with Gasteiger partial charge in [0.2, 0.25) is 5.91 Å². The van der Waals surface area contributed by atoms with Crippen molar-refractivity contribution in [3.8, 4) is 5.75 Å². The number of aryl methyl sites for hydroxylation is 2. The van der Waals surface area contributed by atoms with Crippen LogP contribution < -0.4 is 10.1 Å². The fourth-order valence-electron chi connectivity index (χ4n) is 5.30. The van der Waals surface area contributed by atoms with Gasteiger partial charge in [0.1, 0.15) is 11.8 Å². The van der Waals surface area contributed by atoms with Gasteiger partial charge in [-0.1, -0.05) is 84.9 Å². The number of nitrogens with zero attached hydrogens (tertiary/aromatic N) is 1. The first-order chi connectivity index (χ1) is 19.2. The Balaban J connectivity index is 1.66. The molecule has 0 aromatic heterocycles. The summed E-state index contributed by atoms with van der Waals surface area (Å²) in [4.78, 5) is 29.5. The molecule has 0 bridgehead atoms. The number of hydrogen-bond acceptors (Lipinski definition) is 3. The molecule has 0 aliphatic heterocycles. The van der Waals surface area contributed by atoms with Crippen LogP contribution in [-0.4, -0.2) is 35.4 Å². The summed E-state index contributed by atoms with van der Waals surface area (Å²) in [6, 6.07) is 18.4. The molecule has 0 saturated heterocycles. The van der Waals surface area contributed by atoms with Gasteiger partial charge in [-0.05, 0) is 79.6 Å². The van der Waals surface area contributed by atoms with Gasteiger partial charge in [0.25, 0.3) is 5.91 Å². The van der Waals surface area contributed by atoms with Crippen LogP contribution in [0.3, 0.4) is 0 Å². The Morgan fingerprint density at radius 1 is 0.975 bits per heavy atom. The number of carbonyl (C=O) groups is 2. The number of ether oxygens (including phenoxy) is 1. The van der Waals surface area contributed by atoms with Crippen LogP contribution in [0, 0.1) is 20.8 Å². The molecule has 1 N–H and O–H groups in total. The van der Waals surface area contributed by atoms with E-state index in [1.807, 2.05) is 57.2 Å². The predicted octanol–water partition coefficient (Wildman–Crippen LogP) is 7.39. The molecule has 0 unspecified atom stereocenters. The van der Waals surface area contributed by atoms with Crippen molar-refractivity contribution in [2.75, 3.05) is 6.61 Å². The van der Waals surface area contributed by atoms with E-state index < -0.39 is 6.04 Å². The normalized spacial score (nSPS) is 14.4. The zero-order valence-corrected chi connectivity index (χ0v) is 25.0. The van der Waals surface area contributed by atoms with Crippen LogP contribution in [0.1, 0.15) is 59.9 Å². The van der Waals surface area contributed by atoms with E-state index in [2.05, 4.69) is 11.4 Å². The molecule has 1 atom stereocenters. The van der Waals surface area contributed by atoms with Gasteiger partial charge in [0, 0.05) is 29.1 Å². The summed E-state index contributed by atoms with van der Waals surface area (Å²) in [5.74, 6) is 0.225. The van der Waals surface area contributed by atoms with Crippen LogP contribution in [0.25, 0.3) is 0 Å². The number of amides is 2. The minimum atomic E-state index is -0.743. The summed E-state index contributed by atoms with van der Waals surface area (Å²) in [5, 5.41) is 4.21. The Kier molecular flexibility index (Phi) is 10.5. The Morgan fingerprint density at radius 2 is 1.70 bits per heavy atom. The largest absolute Gasteiger partial charge is 0.483 e. The minimum absolute atomic E-state index is 0.116. The number of halogens is 2. The molecule has 3 aromatic rings. The second kappa shape index (κ2) is 14.0. The van der Waals surface area contributed by atoms with E-state index in [-0.39, 0.29) is 31.0 Å². The van der Waals surface area contributed by atoms with Crippen LogP contribution in [0.15, 0.2) is 60.7 Å². The lowest BCUT2D eigenvalue weighted by Crippen LogP contribution is -2.53. The van der Waals surface area contributed by atoms with Crippen molar-refractivity contribution >= 4 is 35.0 Å². The van der Waals surface area contributed by atoms with Gasteiger partial charge in [-0.3, -0.25) is 9.59 Å². The molecule has 5 nitrogen and oxygen atoms in total. The fourth-order valence-corrected chi connectivity index (χ4v) is 5.77. The van der Waals surface area contributed by atoms with E-state index >= 15 is 0 Å². The SMILES string of the molecule is Cc1cc(C)c(C)c(OCC(=O)N(Cc2ccc(Cl)cc2Cl)[C@H](Cc2ccccc2)C(=O)NC2CCCCC2)c1. The van der Waals surface area contributed by atoms with Crippen molar-refractivity contribution in [3.63, 3.8) is 0 Å². The molecule has 212 valence electrons. The average molecular weight is 582 g/mol. The summed E-state index contributed by atoms with van der Waals surface area (Å²) in [5.41, 5.74) is 4.83. The van der Waals surface area contributed by atoms with Crippen molar-refractivity contribution in [2.24, 2.45) is 0 Å². The molecule has 0 radical (unpaired) electrons. The van der Waals surface area contributed by atoms with E-state index in [1.54, 1.807) is 23.1 Å².